The summed E-state index contributed by atoms with van der Waals surface area (Å²) in [6.07, 6.45) is 1.74. The molecule has 2 heterocycles. The summed E-state index contributed by atoms with van der Waals surface area (Å²) in [4.78, 5) is 21.7. The summed E-state index contributed by atoms with van der Waals surface area (Å²) in [6.45, 7) is 4.73. The normalized spacial score (nSPS) is 10.5. The zero-order valence-electron chi connectivity index (χ0n) is 18.3. The molecule has 7 nitrogen and oxygen atoms in total. The second-order valence-corrected chi connectivity index (χ2v) is 7.71. The second kappa shape index (κ2) is 10.6. The molecule has 2 aromatic heterocycles. The summed E-state index contributed by atoms with van der Waals surface area (Å²) in [5, 5.41) is 5.90. The molecule has 2 aromatic carbocycles. The average molecular weight is 462 g/mol. The van der Waals surface area contributed by atoms with E-state index in [0.717, 1.165) is 17.1 Å². The van der Waals surface area contributed by atoms with Crippen LogP contribution in [0.1, 0.15) is 24.2 Å². The van der Waals surface area contributed by atoms with Gasteiger partial charge >= 0.3 is 5.97 Å². The van der Waals surface area contributed by atoms with Gasteiger partial charge in [-0.1, -0.05) is 12.1 Å². The number of aromatic nitrogens is 2. The molecule has 0 saturated carbocycles. The Kier molecular flexibility index (Phi) is 7.16. The van der Waals surface area contributed by atoms with E-state index >= 15 is 0 Å². The highest BCUT2D eigenvalue weighted by Crippen LogP contribution is 2.28. The Morgan fingerprint density at radius 3 is 2.39 bits per heavy atom. The summed E-state index contributed by atoms with van der Waals surface area (Å²) >= 11 is 1.47. The summed E-state index contributed by atoms with van der Waals surface area (Å²) < 4.78 is 16.7. The lowest BCUT2D eigenvalue weighted by atomic mass is 10.2. The van der Waals surface area contributed by atoms with E-state index in [-0.39, 0.29) is 0 Å². The molecule has 0 fully saturated rings. The number of pyridine rings is 1. The predicted molar refractivity (Wildman–Crippen MR) is 129 cm³/mol. The maximum atomic E-state index is 12.8. The highest BCUT2D eigenvalue weighted by Gasteiger charge is 2.14. The van der Waals surface area contributed by atoms with Crippen LogP contribution in [0.3, 0.4) is 0 Å². The first-order valence-corrected chi connectivity index (χ1v) is 11.4. The Bertz CT molecular complexity index is 1200. The van der Waals surface area contributed by atoms with Crippen LogP contribution < -0.4 is 19.5 Å². The number of hydrogen-bond acceptors (Lipinski definition) is 8. The van der Waals surface area contributed by atoms with Crippen molar-refractivity contribution in [3.05, 3.63) is 77.8 Å². The third-order valence-corrected chi connectivity index (χ3v) is 5.22. The van der Waals surface area contributed by atoms with Crippen molar-refractivity contribution in [2.45, 2.75) is 13.8 Å². The molecule has 0 aliphatic heterocycles. The number of hydrogen-bond donors (Lipinski definition) is 1. The Morgan fingerprint density at radius 2 is 1.70 bits per heavy atom. The van der Waals surface area contributed by atoms with E-state index in [1.54, 1.807) is 42.6 Å². The molecule has 0 bridgehead atoms. The fourth-order valence-electron chi connectivity index (χ4n) is 3.08. The minimum Gasteiger partial charge on any atom is -0.494 e. The van der Waals surface area contributed by atoms with Crippen molar-refractivity contribution in [1.29, 1.82) is 0 Å². The van der Waals surface area contributed by atoms with Crippen molar-refractivity contribution in [3.8, 4) is 28.6 Å². The van der Waals surface area contributed by atoms with Crippen molar-refractivity contribution in [2.24, 2.45) is 0 Å². The van der Waals surface area contributed by atoms with Crippen LogP contribution in [0, 0.1) is 0 Å². The lowest BCUT2D eigenvalue weighted by molar-refractivity contribution is 0.0734. The number of carbonyl (C=O) groups excluding carboxylic acids is 1. The van der Waals surface area contributed by atoms with E-state index in [9.17, 15) is 4.79 Å². The van der Waals surface area contributed by atoms with E-state index in [2.05, 4.69) is 15.3 Å². The first-order valence-electron chi connectivity index (χ1n) is 10.5. The molecule has 8 heteroatoms. The zero-order valence-corrected chi connectivity index (χ0v) is 19.1. The highest BCUT2D eigenvalue weighted by atomic mass is 32.1. The molecule has 33 heavy (non-hydrogen) atoms. The van der Waals surface area contributed by atoms with E-state index < -0.39 is 5.97 Å². The van der Waals surface area contributed by atoms with Gasteiger partial charge in [-0.3, -0.25) is 4.98 Å². The van der Waals surface area contributed by atoms with Gasteiger partial charge in [0.05, 0.1) is 24.5 Å². The smallest absolute Gasteiger partial charge is 0.343 e. The number of thiazole rings is 1. The lowest BCUT2D eigenvalue weighted by Crippen LogP contribution is -2.09. The second-order valence-electron chi connectivity index (χ2n) is 6.85. The first-order chi connectivity index (χ1) is 16.1. The summed E-state index contributed by atoms with van der Waals surface area (Å²) in [5.74, 6) is 1.02. The van der Waals surface area contributed by atoms with Crippen molar-refractivity contribution < 1.29 is 19.0 Å². The van der Waals surface area contributed by atoms with Gasteiger partial charge in [-0.15, -0.1) is 11.3 Å². The SMILES string of the molecule is CCOc1cc(OCC)cc(C(=O)Oc2cccc(Nc3nc(-c4ccccn4)cs3)c2)c1. The molecule has 0 aliphatic carbocycles. The lowest BCUT2D eigenvalue weighted by Gasteiger charge is -2.11. The van der Waals surface area contributed by atoms with Crippen molar-refractivity contribution in [1.82, 2.24) is 9.97 Å². The van der Waals surface area contributed by atoms with Gasteiger partial charge < -0.3 is 19.5 Å². The summed E-state index contributed by atoms with van der Waals surface area (Å²) in [7, 11) is 0. The molecular formula is C25H23N3O4S. The number of rotatable bonds is 9. The number of anilines is 2. The maximum absolute atomic E-state index is 12.8. The van der Waals surface area contributed by atoms with Crippen molar-refractivity contribution in [3.63, 3.8) is 0 Å². The number of nitrogens with one attached hydrogen (secondary N) is 1. The number of nitrogens with zero attached hydrogens (tertiary/aromatic N) is 2. The van der Waals surface area contributed by atoms with Crippen molar-refractivity contribution >= 4 is 28.1 Å². The monoisotopic (exact) mass is 461 g/mol. The van der Waals surface area contributed by atoms with Crippen LogP contribution in [0.2, 0.25) is 0 Å². The zero-order chi connectivity index (χ0) is 23.0. The highest BCUT2D eigenvalue weighted by molar-refractivity contribution is 7.14. The van der Waals surface area contributed by atoms with Crippen LogP contribution in [-0.2, 0) is 0 Å². The van der Waals surface area contributed by atoms with Crippen molar-refractivity contribution in [2.75, 3.05) is 18.5 Å². The summed E-state index contributed by atoms with van der Waals surface area (Å²) in [6, 6.07) is 17.9. The third kappa shape index (κ3) is 5.87. The van der Waals surface area contributed by atoms with Crippen LogP contribution in [-0.4, -0.2) is 29.2 Å². The molecule has 0 amide bonds. The van der Waals surface area contributed by atoms with Gasteiger partial charge in [0.25, 0.3) is 0 Å². The molecule has 0 aliphatic rings. The quantitative estimate of drug-likeness (QED) is 0.243. The molecule has 0 spiro atoms. The predicted octanol–water partition coefficient (Wildman–Crippen LogP) is 5.97. The summed E-state index contributed by atoms with van der Waals surface area (Å²) in [5.41, 5.74) is 2.71. The van der Waals surface area contributed by atoms with Gasteiger partial charge in [0.2, 0.25) is 0 Å². The molecule has 1 N–H and O–H groups in total. The molecule has 4 rings (SSSR count). The molecule has 0 saturated heterocycles. The van der Waals surface area contributed by atoms with Gasteiger partial charge in [0.1, 0.15) is 22.9 Å². The molecule has 0 atom stereocenters. The van der Waals surface area contributed by atoms with Crippen LogP contribution in [0.15, 0.2) is 72.2 Å². The van der Waals surface area contributed by atoms with E-state index in [1.165, 1.54) is 11.3 Å². The van der Waals surface area contributed by atoms with Gasteiger partial charge in [-0.2, -0.15) is 0 Å². The standard InChI is InChI=1S/C25H23N3O4S/c1-3-30-20-12-17(13-21(15-20)31-4-2)24(29)32-19-9-7-8-18(14-19)27-25-28-23(16-33-25)22-10-5-6-11-26-22/h5-16H,3-4H2,1-2H3,(H,27,28). The fourth-order valence-corrected chi connectivity index (χ4v) is 3.80. The van der Waals surface area contributed by atoms with Gasteiger partial charge in [0, 0.05) is 29.4 Å². The Labute approximate surface area is 196 Å². The first kappa shape index (κ1) is 22.3. The van der Waals surface area contributed by atoms with Crippen LogP contribution in [0.4, 0.5) is 10.8 Å². The van der Waals surface area contributed by atoms with Crippen LogP contribution in [0.5, 0.6) is 17.2 Å². The Hall–Kier alpha value is -3.91. The number of esters is 1. The fraction of sp³-hybridized carbons (Fsp3) is 0.160. The molecular weight excluding hydrogens is 438 g/mol. The largest absolute Gasteiger partial charge is 0.494 e. The average Bonchev–Trinajstić information content (AvgIpc) is 3.29. The number of carbonyl (C=O) groups is 1. The molecule has 0 radical (unpaired) electrons. The van der Waals surface area contributed by atoms with Gasteiger partial charge in [-0.05, 0) is 50.2 Å². The van der Waals surface area contributed by atoms with Crippen LogP contribution in [0.25, 0.3) is 11.4 Å². The minimum atomic E-state index is -0.499. The topological polar surface area (TPSA) is 82.6 Å². The Morgan fingerprint density at radius 1 is 0.909 bits per heavy atom. The third-order valence-electron chi connectivity index (χ3n) is 4.47. The number of benzene rings is 2. The number of ether oxygens (including phenoxy) is 3. The van der Waals surface area contributed by atoms with E-state index in [4.69, 9.17) is 14.2 Å². The molecule has 4 aromatic rings. The molecule has 0 unspecified atom stereocenters. The maximum Gasteiger partial charge on any atom is 0.343 e. The minimum absolute atomic E-state index is 0.350. The van der Waals surface area contributed by atoms with E-state index in [0.29, 0.717) is 41.2 Å². The van der Waals surface area contributed by atoms with Crippen LogP contribution >= 0.6 is 11.3 Å². The van der Waals surface area contributed by atoms with Gasteiger partial charge in [-0.25, -0.2) is 9.78 Å². The van der Waals surface area contributed by atoms with Gasteiger partial charge in [0.15, 0.2) is 5.13 Å². The Balaban J connectivity index is 1.47. The van der Waals surface area contributed by atoms with E-state index in [1.807, 2.05) is 43.5 Å². The molecule has 168 valence electrons.